The standard InChI is InChI=1S/C39H49IN2O11/c1-5-30-11-13-31(14-12-30)15-16-32-17-18-35(40)34(27-32)38(45)41-19-21-50-23-24-51-25-26-52-29-33(43)9-7-6-8-10-36(39(46)48-3)42(20-22-53-49-4)28-37(44)47-2/h1,11-14,17-18,27,36H,6-10,19-26,28-29H2,2-4H3,(H,41,45). The molecule has 0 aliphatic heterocycles. The maximum Gasteiger partial charge on any atom is 0.323 e. The molecule has 2 rings (SSSR count). The van der Waals surface area contributed by atoms with Gasteiger partial charge in [0.15, 0.2) is 5.78 Å². The molecule has 2 aromatic rings. The minimum absolute atomic E-state index is 0.00783. The van der Waals surface area contributed by atoms with E-state index >= 15 is 0 Å². The summed E-state index contributed by atoms with van der Waals surface area (Å²) in [4.78, 5) is 60.4. The molecule has 13 nitrogen and oxygen atoms in total. The Balaban J connectivity index is 1.54. The number of nitrogens with one attached hydrogen (secondary N) is 1. The highest BCUT2D eigenvalue weighted by Gasteiger charge is 2.28. The van der Waals surface area contributed by atoms with E-state index < -0.39 is 18.0 Å². The fourth-order valence-corrected chi connectivity index (χ4v) is 5.42. The molecule has 0 spiro atoms. The van der Waals surface area contributed by atoms with Crippen molar-refractivity contribution < 1.29 is 52.6 Å². The number of hydrogen-bond donors (Lipinski definition) is 1. The van der Waals surface area contributed by atoms with Crippen molar-refractivity contribution in [2.24, 2.45) is 0 Å². The third-order valence-electron chi connectivity index (χ3n) is 7.64. The summed E-state index contributed by atoms with van der Waals surface area (Å²) >= 11 is 2.12. The number of halogens is 1. The molecule has 14 heteroatoms. The maximum absolute atomic E-state index is 12.8. The molecule has 1 unspecified atom stereocenters. The first-order chi connectivity index (χ1) is 25.7. The molecule has 288 valence electrons. The van der Waals surface area contributed by atoms with Crippen LogP contribution in [0.25, 0.3) is 0 Å². The number of unbranched alkanes of at least 4 members (excludes halogenated alkanes) is 2. The first kappa shape index (κ1) is 45.3. The smallest absolute Gasteiger partial charge is 0.323 e. The van der Waals surface area contributed by atoms with Crippen LogP contribution in [0.5, 0.6) is 0 Å². The highest BCUT2D eigenvalue weighted by Crippen LogP contribution is 2.15. The number of Topliss-reactive ketones (excluding diaryl/α,β-unsaturated/α-hetero) is 1. The summed E-state index contributed by atoms with van der Waals surface area (Å²) in [6.07, 6.45) is 8.18. The van der Waals surface area contributed by atoms with Crippen LogP contribution in [-0.4, -0.2) is 122 Å². The van der Waals surface area contributed by atoms with Crippen LogP contribution in [0.2, 0.25) is 0 Å². The third kappa shape index (κ3) is 19.2. The molecule has 1 amide bonds. The second-order valence-corrected chi connectivity index (χ2v) is 12.6. The van der Waals surface area contributed by atoms with Crippen molar-refractivity contribution in [3.05, 3.63) is 68.3 Å². The van der Waals surface area contributed by atoms with Gasteiger partial charge in [-0.1, -0.05) is 30.6 Å². The fraction of sp³-hybridized carbons (Fsp3) is 0.487. The number of nitrogens with zero attached hydrogens (tertiary/aromatic N) is 1. The molecule has 1 N–H and O–H groups in total. The van der Waals surface area contributed by atoms with Gasteiger partial charge in [-0.25, -0.2) is 9.78 Å². The molecule has 0 heterocycles. The molecule has 0 saturated carbocycles. The number of ether oxygens (including phenoxy) is 5. The largest absolute Gasteiger partial charge is 0.468 e. The molecule has 1 atom stereocenters. The van der Waals surface area contributed by atoms with E-state index in [0.717, 1.165) is 20.3 Å². The van der Waals surface area contributed by atoms with Gasteiger partial charge in [0.1, 0.15) is 12.6 Å². The van der Waals surface area contributed by atoms with Crippen LogP contribution in [0.4, 0.5) is 0 Å². The van der Waals surface area contributed by atoms with E-state index in [1.54, 1.807) is 11.0 Å². The Morgan fingerprint density at radius 3 is 2.15 bits per heavy atom. The normalized spacial score (nSPS) is 11.2. The van der Waals surface area contributed by atoms with E-state index in [1.807, 2.05) is 36.4 Å². The van der Waals surface area contributed by atoms with Gasteiger partial charge < -0.3 is 29.0 Å². The number of amides is 1. The second-order valence-electron chi connectivity index (χ2n) is 11.4. The Morgan fingerprint density at radius 2 is 1.47 bits per heavy atom. The molecule has 0 aromatic heterocycles. The first-order valence-electron chi connectivity index (χ1n) is 17.2. The number of esters is 2. The van der Waals surface area contributed by atoms with Crippen LogP contribution >= 0.6 is 22.6 Å². The van der Waals surface area contributed by atoms with E-state index in [4.69, 9.17) is 35.0 Å². The number of benzene rings is 2. The summed E-state index contributed by atoms with van der Waals surface area (Å²) in [5.74, 6) is 7.57. The number of terminal acetylenes is 1. The number of hydrogen-bond acceptors (Lipinski definition) is 12. The van der Waals surface area contributed by atoms with Crippen molar-refractivity contribution in [1.29, 1.82) is 0 Å². The molecule has 0 saturated heterocycles. The van der Waals surface area contributed by atoms with Gasteiger partial charge in [-0.2, -0.15) is 0 Å². The van der Waals surface area contributed by atoms with Crippen molar-refractivity contribution in [2.45, 2.75) is 38.1 Å². The van der Waals surface area contributed by atoms with E-state index in [2.05, 4.69) is 50.6 Å². The lowest BCUT2D eigenvalue weighted by molar-refractivity contribution is -0.274. The minimum atomic E-state index is -0.667. The lowest BCUT2D eigenvalue weighted by Crippen LogP contribution is -2.46. The summed E-state index contributed by atoms with van der Waals surface area (Å²) < 4.78 is 27.0. The van der Waals surface area contributed by atoms with Gasteiger partial charge in [-0.15, -0.1) is 6.42 Å². The fourth-order valence-electron chi connectivity index (χ4n) is 4.84. The summed E-state index contributed by atoms with van der Waals surface area (Å²) in [6.45, 7) is 2.23. The minimum Gasteiger partial charge on any atom is -0.468 e. The number of carbonyl (C=O) groups is 4. The summed E-state index contributed by atoms with van der Waals surface area (Å²) in [5.41, 5.74) is 2.89. The number of ketones is 1. The van der Waals surface area contributed by atoms with Crippen LogP contribution in [0.15, 0.2) is 42.5 Å². The quantitative estimate of drug-likeness (QED) is 0.0369. The van der Waals surface area contributed by atoms with Gasteiger partial charge in [0.25, 0.3) is 5.91 Å². The highest BCUT2D eigenvalue weighted by molar-refractivity contribution is 14.1. The van der Waals surface area contributed by atoms with Crippen molar-refractivity contribution in [3.63, 3.8) is 0 Å². The molecule has 0 bridgehead atoms. The zero-order chi connectivity index (χ0) is 38.7. The van der Waals surface area contributed by atoms with Crippen molar-refractivity contribution >= 4 is 46.2 Å². The van der Waals surface area contributed by atoms with Crippen LogP contribution in [0.1, 0.15) is 59.2 Å². The molecule has 0 radical (unpaired) electrons. The van der Waals surface area contributed by atoms with Crippen molar-refractivity contribution in [3.8, 4) is 24.2 Å². The number of rotatable bonds is 26. The predicted molar refractivity (Wildman–Crippen MR) is 205 cm³/mol. The average molecular weight is 849 g/mol. The summed E-state index contributed by atoms with van der Waals surface area (Å²) in [5, 5.41) is 2.86. The lowest BCUT2D eigenvalue weighted by Gasteiger charge is -2.28. The van der Waals surface area contributed by atoms with Crippen LogP contribution in [-0.2, 0) is 47.8 Å². The van der Waals surface area contributed by atoms with Crippen LogP contribution < -0.4 is 5.32 Å². The summed E-state index contributed by atoms with van der Waals surface area (Å²) in [6, 6.07) is 12.2. The SMILES string of the molecule is C#Cc1ccc(C#Cc2ccc(I)c(C(=O)NCCOCCOCCOCC(=O)CCCCCC(C(=O)OC)N(CCOOC)CC(=O)OC)c2)cc1. The molecule has 2 aromatic carbocycles. The van der Waals surface area contributed by atoms with Gasteiger partial charge in [-0.3, -0.25) is 24.1 Å². The van der Waals surface area contributed by atoms with Gasteiger partial charge in [0.2, 0.25) is 0 Å². The Kier molecular flexibility index (Phi) is 23.7. The van der Waals surface area contributed by atoms with Crippen molar-refractivity contribution in [1.82, 2.24) is 10.2 Å². The molecule has 53 heavy (non-hydrogen) atoms. The van der Waals surface area contributed by atoms with Crippen molar-refractivity contribution in [2.75, 3.05) is 87.2 Å². The average Bonchev–Trinajstić information content (AvgIpc) is 3.17. The Hall–Kier alpha value is -3.87. The third-order valence-corrected chi connectivity index (χ3v) is 8.58. The summed E-state index contributed by atoms with van der Waals surface area (Å²) in [7, 11) is 3.95. The van der Waals surface area contributed by atoms with E-state index in [1.165, 1.54) is 21.3 Å². The van der Waals surface area contributed by atoms with E-state index in [9.17, 15) is 19.2 Å². The molecule has 0 aliphatic rings. The van der Waals surface area contributed by atoms with Crippen LogP contribution in [0, 0.1) is 27.8 Å². The van der Waals surface area contributed by atoms with Crippen LogP contribution in [0.3, 0.4) is 0 Å². The zero-order valence-electron chi connectivity index (χ0n) is 30.6. The topological polar surface area (TPSA) is 148 Å². The molecular weight excluding hydrogens is 799 g/mol. The monoisotopic (exact) mass is 848 g/mol. The van der Waals surface area contributed by atoms with Gasteiger partial charge in [-0.05, 0) is 77.9 Å². The lowest BCUT2D eigenvalue weighted by atomic mass is 10.0. The Labute approximate surface area is 325 Å². The van der Waals surface area contributed by atoms with Gasteiger partial charge in [0, 0.05) is 39.8 Å². The van der Waals surface area contributed by atoms with Gasteiger partial charge >= 0.3 is 11.9 Å². The highest BCUT2D eigenvalue weighted by atomic mass is 127. The first-order valence-corrected chi connectivity index (χ1v) is 18.3. The Morgan fingerprint density at radius 1 is 0.811 bits per heavy atom. The molecule has 0 aliphatic carbocycles. The predicted octanol–water partition coefficient (Wildman–Crippen LogP) is 3.57. The molecule has 0 fully saturated rings. The molecular formula is C39H49IN2O11. The second kappa shape index (κ2) is 27.7. The van der Waals surface area contributed by atoms with Gasteiger partial charge in [0.05, 0.1) is 73.1 Å². The van der Waals surface area contributed by atoms with E-state index in [0.29, 0.717) is 70.6 Å². The number of methoxy groups -OCH3 is 2. The van der Waals surface area contributed by atoms with E-state index in [-0.39, 0.29) is 44.6 Å². The zero-order valence-corrected chi connectivity index (χ0v) is 32.8. The maximum atomic E-state index is 12.8. The Bertz CT molecular complexity index is 1530. The number of carbonyl (C=O) groups excluding carboxylic acids is 4.